The van der Waals surface area contributed by atoms with Crippen LogP contribution in [0.1, 0.15) is 26.3 Å². The minimum Gasteiger partial charge on any atom is -0.425 e. The molecule has 5 nitrogen and oxygen atoms in total. The molecule has 148 valence electrons. The van der Waals surface area contributed by atoms with Gasteiger partial charge in [0.25, 0.3) is 0 Å². The zero-order valence-corrected chi connectivity index (χ0v) is 17.3. The first kappa shape index (κ1) is 21.8. The lowest BCUT2D eigenvalue weighted by atomic mass is 10.1. The Morgan fingerprint density at radius 1 is 1.04 bits per heavy atom. The van der Waals surface area contributed by atoms with Crippen LogP contribution in [0.5, 0.6) is 0 Å². The van der Waals surface area contributed by atoms with E-state index in [0.29, 0.717) is 27.0 Å². The van der Waals surface area contributed by atoms with Gasteiger partial charge in [0.05, 0.1) is 22.2 Å². The van der Waals surface area contributed by atoms with Crippen LogP contribution < -0.4 is 5.32 Å². The van der Waals surface area contributed by atoms with Crippen molar-refractivity contribution in [3.05, 3.63) is 69.7 Å². The molecule has 2 aromatic carbocycles. The summed E-state index contributed by atoms with van der Waals surface area (Å²) in [6.45, 7) is 5.03. The fraction of sp³-hybridized carbons (Fsp3) is 0.238. The first-order valence-corrected chi connectivity index (χ1v) is 9.35. The number of carbonyl (C=O) groups is 2. The molecule has 0 aliphatic carbocycles. The summed E-state index contributed by atoms with van der Waals surface area (Å²) in [5.41, 5.74) is 2.70. The Morgan fingerprint density at radius 2 is 1.68 bits per heavy atom. The third-order valence-electron chi connectivity index (χ3n) is 3.56. The minimum atomic E-state index is -0.992. The minimum absolute atomic E-state index is 0.0181. The lowest BCUT2D eigenvalue weighted by molar-refractivity contribution is -0.180. The Hall–Kier alpha value is -2.50. The van der Waals surface area contributed by atoms with Crippen LogP contribution in [0, 0.1) is 0 Å². The van der Waals surface area contributed by atoms with Crippen molar-refractivity contribution in [1.29, 1.82) is 0 Å². The van der Waals surface area contributed by atoms with Crippen LogP contribution in [0.2, 0.25) is 10.0 Å². The number of esters is 2. The summed E-state index contributed by atoms with van der Waals surface area (Å²) in [4.78, 5) is 23.9. The maximum atomic E-state index is 12.3. The van der Waals surface area contributed by atoms with E-state index in [1.165, 1.54) is 13.0 Å². The van der Waals surface area contributed by atoms with Gasteiger partial charge in [0.2, 0.25) is 6.29 Å². The molecule has 1 N–H and O–H groups in total. The summed E-state index contributed by atoms with van der Waals surface area (Å²) in [5, 5.41) is 4.08. The van der Waals surface area contributed by atoms with Crippen LogP contribution in [0.4, 0.5) is 11.4 Å². The summed E-state index contributed by atoms with van der Waals surface area (Å²) in [6, 6.07) is 12.4. The van der Waals surface area contributed by atoms with Crippen molar-refractivity contribution in [2.75, 3.05) is 5.32 Å². The molecule has 0 heterocycles. The molecule has 7 heteroatoms. The quantitative estimate of drug-likeness (QED) is 0.354. The predicted octanol–water partition coefficient (Wildman–Crippen LogP) is 5.68. The number of halogens is 2. The van der Waals surface area contributed by atoms with E-state index in [4.69, 9.17) is 32.7 Å². The van der Waals surface area contributed by atoms with Gasteiger partial charge in [-0.05, 0) is 37.6 Å². The van der Waals surface area contributed by atoms with Gasteiger partial charge >= 0.3 is 11.9 Å². The molecule has 2 aromatic rings. The van der Waals surface area contributed by atoms with E-state index in [2.05, 4.69) is 5.32 Å². The largest absolute Gasteiger partial charge is 0.425 e. The van der Waals surface area contributed by atoms with E-state index < -0.39 is 18.2 Å². The first-order chi connectivity index (χ1) is 13.3. The van der Waals surface area contributed by atoms with E-state index in [1.807, 2.05) is 6.07 Å². The van der Waals surface area contributed by atoms with Crippen molar-refractivity contribution in [2.24, 2.45) is 0 Å². The Balaban J connectivity index is 2.05. The maximum absolute atomic E-state index is 12.3. The van der Waals surface area contributed by atoms with Crippen molar-refractivity contribution < 1.29 is 19.1 Å². The molecule has 0 amide bonds. The fourth-order valence-corrected chi connectivity index (χ4v) is 2.88. The van der Waals surface area contributed by atoms with Crippen LogP contribution in [0.3, 0.4) is 0 Å². The van der Waals surface area contributed by atoms with Gasteiger partial charge in [-0.2, -0.15) is 0 Å². The van der Waals surface area contributed by atoms with Crippen LogP contribution >= 0.6 is 23.2 Å². The number of hydrogen-bond acceptors (Lipinski definition) is 5. The third kappa shape index (κ3) is 6.59. The second-order valence-electron chi connectivity index (χ2n) is 6.27. The summed E-state index contributed by atoms with van der Waals surface area (Å²) in [5.74, 6) is -1.09. The highest BCUT2D eigenvalue weighted by Gasteiger charge is 2.16. The molecule has 0 fully saturated rings. The lowest BCUT2D eigenvalue weighted by Gasteiger charge is -2.16. The zero-order chi connectivity index (χ0) is 20.7. The Labute approximate surface area is 174 Å². The SMILES string of the molecule is CC(C)=CC(=O)OC(C)OC(=O)Cc1ccccc1Nc1c(Cl)cccc1Cl. The van der Waals surface area contributed by atoms with Gasteiger partial charge in [0.15, 0.2) is 0 Å². The van der Waals surface area contributed by atoms with E-state index in [0.717, 1.165) is 5.57 Å². The molecule has 28 heavy (non-hydrogen) atoms. The number of carbonyl (C=O) groups excluding carboxylic acids is 2. The summed E-state index contributed by atoms with van der Waals surface area (Å²) in [7, 11) is 0. The first-order valence-electron chi connectivity index (χ1n) is 8.60. The van der Waals surface area contributed by atoms with Gasteiger partial charge in [-0.1, -0.05) is 53.0 Å². The number of nitrogens with one attached hydrogen (secondary N) is 1. The molecule has 0 saturated carbocycles. The van der Waals surface area contributed by atoms with Crippen molar-refractivity contribution in [2.45, 2.75) is 33.5 Å². The Kier molecular flexibility index (Phi) is 7.91. The standard InChI is InChI=1S/C21H21Cl2NO4/c1-13(2)11-19(25)27-14(3)28-20(26)12-15-7-4-5-10-18(15)24-21-16(22)8-6-9-17(21)23/h4-11,14,24H,12H2,1-3H3. The number of para-hydroxylation sites is 2. The summed E-state index contributed by atoms with van der Waals surface area (Å²) in [6.07, 6.45) is 0.320. The second kappa shape index (κ2) is 10.2. The van der Waals surface area contributed by atoms with Gasteiger partial charge in [0.1, 0.15) is 0 Å². The summed E-state index contributed by atoms with van der Waals surface area (Å²) < 4.78 is 10.2. The molecule has 0 aliphatic heterocycles. The average molecular weight is 422 g/mol. The highest BCUT2D eigenvalue weighted by molar-refractivity contribution is 6.39. The van der Waals surface area contributed by atoms with Gasteiger partial charge < -0.3 is 14.8 Å². The second-order valence-corrected chi connectivity index (χ2v) is 7.09. The maximum Gasteiger partial charge on any atom is 0.333 e. The Morgan fingerprint density at radius 3 is 2.32 bits per heavy atom. The molecule has 1 atom stereocenters. The highest BCUT2D eigenvalue weighted by Crippen LogP contribution is 2.33. The molecule has 0 spiro atoms. The van der Waals surface area contributed by atoms with E-state index in [1.54, 1.807) is 50.2 Å². The fourth-order valence-electron chi connectivity index (χ4n) is 2.39. The molecule has 0 aromatic heterocycles. The molecule has 0 aliphatic rings. The summed E-state index contributed by atoms with van der Waals surface area (Å²) >= 11 is 12.4. The van der Waals surface area contributed by atoms with E-state index in [9.17, 15) is 9.59 Å². The highest BCUT2D eigenvalue weighted by atomic mass is 35.5. The Bertz CT molecular complexity index is 871. The monoisotopic (exact) mass is 421 g/mol. The van der Waals surface area contributed by atoms with Crippen molar-refractivity contribution in [1.82, 2.24) is 0 Å². The third-order valence-corrected chi connectivity index (χ3v) is 4.19. The average Bonchev–Trinajstić information content (AvgIpc) is 2.58. The molecule has 2 rings (SSSR count). The van der Waals surface area contributed by atoms with Crippen molar-refractivity contribution >= 4 is 46.5 Å². The molecular formula is C21H21Cl2NO4. The lowest BCUT2D eigenvalue weighted by Crippen LogP contribution is -2.22. The number of hydrogen-bond donors (Lipinski definition) is 1. The molecule has 0 radical (unpaired) electrons. The number of anilines is 2. The van der Waals surface area contributed by atoms with Gasteiger partial charge in [-0.3, -0.25) is 4.79 Å². The van der Waals surface area contributed by atoms with Gasteiger partial charge in [-0.25, -0.2) is 4.79 Å². The van der Waals surface area contributed by atoms with Gasteiger partial charge in [-0.15, -0.1) is 0 Å². The molecule has 0 saturated heterocycles. The van der Waals surface area contributed by atoms with Crippen LogP contribution in [-0.4, -0.2) is 18.2 Å². The number of ether oxygens (including phenoxy) is 2. The topological polar surface area (TPSA) is 64.6 Å². The van der Waals surface area contributed by atoms with Crippen molar-refractivity contribution in [3.63, 3.8) is 0 Å². The van der Waals surface area contributed by atoms with E-state index in [-0.39, 0.29) is 6.42 Å². The molecule has 0 bridgehead atoms. The van der Waals surface area contributed by atoms with Crippen molar-refractivity contribution in [3.8, 4) is 0 Å². The van der Waals surface area contributed by atoms with Crippen LogP contribution in [0.25, 0.3) is 0 Å². The predicted molar refractivity (Wildman–Crippen MR) is 111 cm³/mol. The zero-order valence-electron chi connectivity index (χ0n) is 15.8. The normalized spacial score (nSPS) is 11.3. The van der Waals surface area contributed by atoms with Crippen LogP contribution in [-0.2, 0) is 25.5 Å². The smallest absolute Gasteiger partial charge is 0.333 e. The molecular weight excluding hydrogens is 401 g/mol. The molecule has 1 unspecified atom stereocenters. The number of benzene rings is 2. The van der Waals surface area contributed by atoms with Crippen LogP contribution in [0.15, 0.2) is 54.1 Å². The number of allylic oxidation sites excluding steroid dienone is 1. The van der Waals surface area contributed by atoms with Gasteiger partial charge in [0, 0.05) is 18.7 Å². The number of rotatable bonds is 7. The van der Waals surface area contributed by atoms with E-state index >= 15 is 0 Å².